The molecule has 3 fully saturated rings. The molecule has 2 aromatic rings. The van der Waals surface area contributed by atoms with E-state index in [4.69, 9.17) is 0 Å². The van der Waals surface area contributed by atoms with Crippen molar-refractivity contribution in [1.82, 2.24) is 14.7 Å². The van der Waals surface area contributed by atoms with Gasteiger partial charge in [-0.1, -0.05) is 55.0 Å². The molecular weight excluding hydrogens is 422 g/mol. The third-order valence-corrected chi connectivity index (χ3v) is 8.36. The molecule has 2 amide bonds. The van der Waals surface area contributed by atoms with Crippen LogP contribution in [0.1, 0.15) is 60.0 Å². The van der Waals surface area contributed by atoms with Gasteiger partial charge in [-0.15, -0.1) is 0 Å². The molecule has 0 unspecified atom stereocenters. The minimum Gasteiger partial charge on any atom is -0.342 e. The number of amides is 2. The van der Waals surface area contributed by atoms with Crippen molar-refractivity contribution in [1.29, 1.82) is 0 Å². The van der Waals surface area contributed by atoms with Crippen LogP contribution in [-0.4, -0.2) is 65.8 Å². The van der Waals surface area contributed by atoms with Crippen molar-refractivity contribution < 1.29 is 9.59 Å². The summed E-state index contributed by atoms with van der Waals surface area (Å²) in [4.78, 5) is 33.3. The van der Waals surface area contributed by atoms with Gasteiger partial charge in [0.05, 0.1) is 5.41 Å². The number of carbonyl (C=O) groups is 2. The fourth-order valence-corrected chi connectivity index (χ4v) is 6.26. The number of piperidine rings is 2. The number of rotatable bonds is 5. The Labute approximate surface area is 203 Å². The van der Waals surface area contributed by atoms with E-state index in [9.17, 15) is 9.59 Å². The Balaban J connectivity index is 1.24. The fraction of sp³-hybridized carbons (Fsp3) is 0.517. The maximum absolute atomic E-state index is 13.5. The molecule has 2 aromatic carbocycles. The first-order valence-electron chi connectivity index (χ1n) is 13.0. The zero-order valence-corrected chi connectivity index (χ0v) is 20.4. The van der Waals surface area contributed by atoms with Gasteiger partial charge in [-0.3, -0.25) is 14.5 Å². The number of hydrogen-bond acceptors (Lipinski definition) is 3. The Hall–Kier alpha value is -2.66. The molecule has 0 bridgehead atoms. The third-order valence-electron chi connectivity index (χ3n) is 8.36. The molecule has 5 rings (SSSR count). The Kier molecular flexibility index (Phi) is 6.73. The highest BCUT2D eigenvalue weighted by atomic mass is 16.2. The van der Waals surface area contributed by atoms with Gasteiger partial charge in [-0.25, -0.2) is 0 Å². The summed E-state index contributed by atoms with van der Waals surface area (Å²) in [5.74, 6) is 0.396. The van der Waals surface area contributed by atoms with E-state index in [2.05, 4.69) is 35.2 Å². The van der Waals surface area contributed by atoms with Crippen LogP contribution in [0.5, 0.6) is 0 Å². The Bertz CT molecular complexity index is 1010. The zero-order chi connectivity index (χ0) is 23.5. The van der Waals surface area contributed by atoms with Gasteiger partial charge in [0.2, 0.25) is 5.91 Å². The number of benzene rings is 2. The molecule has 0 N–H and O–H groups in total. The zero-order valence-electron chi connectivity index (χ0n) is 20.4. The summed E-state index contributed by atoms with van der Waals surface area (Å²) < 4.78 is 0. The van der Waals surface area contributed by atoms with E-state index in [0.29, 0.717) is 13.1 Å². The van der Waals surface area contributed by atoms with E-state index in [0.717, 1.165) is 56.4 Å². The predicted molar refractivity (Wildman–Crippen MR) is 134 cm³/mol. The molecule has 0 aromatic heterocycles. The lowest BCUT2D eigenvalue weighted by Gasteiger charge is -2.38. The number of likely N-dealkylation sites (tertiary alicyclic amines) is 3. The molecule has 0 radical (unpaired) electrons. The van der Waals surface area contributed by atoms with Gasteiger partial charge in [-0.2, -0.15) is 0 Å². The second-order valence-electron chi connectivity index (χ2n) is 10.5. The standard InChI is InChI=1S/C29H37N3O2/c1-30-25(20-23-10-4-2-5-11-23)21-29(28(30)34)14-18-32(19-15-29)27(33)26-13-7-6-12-24(26)22-31-16-8-3-9-17-31/h2,4-7,10-13,25H,3,8-9,14-22H2,1H3/t25-/m0/s1. The van der Waals surface area contributed by atoms with Gasteiger partial charge >= 0.3 is 0 Å². The van der Waals surface area contributed by atoms with E-state index in [1.807, 2.05) is 41.1 Å². The highest BCUT2D eigenvalue weighted by Crippen LogP contribution is 2.45. The van der Waals surface area contributed by atoms with Crippen LogP contribution in [0.15, 0.2) is 54.6 Å². The van der Waals surface area contributed by atoms with Crippen molar-refractivity contribution in [2.75, 3.05) is 33.2 Å². The summed E-state index contributed by atoms with van der Waals surface area (Å²) in [6.07, 6.45) is 7.13. The maximum Gasteiger partial charge on any atom is 0.254 e. The monoisotopic (exact) mass is 459 g/mol. The molecule has 34 heavy (non-hydrogen) atoms. The van der Waals surface area contributed by atoms with Crippen molar-refractivity contribution in [2.45, 2.75) is 57.5 Å². The van der Waals surface area contributed by atoms with E-state index in [-0.39, 0.29) is 23.3 Å². The van der Waals surface area contributed by atoms with E-state index in [1.54, 1.807) is 0 Å². The van der Waals surface area contributed by atoms with E-state index < -0.39 is 0 Å². The average molecular weight is 460 g/mol. The molecule has 3 aliphatic rings. The van der Waals surface area contributed by atoms with Crippen LogP contribution in [0.4, 0.5) is 0 Å². The SMILES string of the molecule is CN1C(=O)C2(CCN(C(=O)c3ccccc3CN3CCCCC3)CC2)C[C@@H]1Cc1ccccc1. The van der Waals surface area contributed by atoms with E-state index >= 15 is 0 Å². The van der Waals surface area contributed by atoms with Crippen molar-refractivity contribution in [2.24, 2.45) is 5.41 Å². The first-order chi connectivity index (χ1) is 16.6. The van der Waals surface area contributed by atoms with Gasteiger partial charge in [0.1, 0.15) is 0 Å². The van der Waals surface area contributed by atoms with Crippen molar-refractivity contribution in [3.63, 3.8) is 0 Å². The van der Waals surface area contributed by atoms with Crippen molar-refractivity contribution in [3.05, 3.63) is 71.3 Å². The lowest BCUT2D eigenvalue weighted by molar-refractivity contribution is -0.137. The lowest BCUT2D eigenvalue weighted by atomic mass is 9.75. The maximum atomic E-state index is 13.5. The van der Waals surface area contributed by atoms with E-state index in [1.165, 1.54) is 24.8 Å². The van der Waals surface area contributed by atoms with Crippen molar-refractivity contribution in [3.8, 4) is 0 Å². The van der Waals surface area contributed by atoms with Crippen LogP contribution >= 0.6 is 0 Å². The second kappa shape index (κ2) is 9.91. The van der Waals surface area contributed by atoms with Gasteiger partial charge < -0.3 is 9.80 Å². The normalized spacial score (nSPS) is 23.0. The third kappa shape index (κ3) is 4.63. The summed E-state index contributed by atoms with van der Waals surface area (Å²) in [7, 11) is 1.96. The largest absolute Gasteiger partial charge is 0.342 e. The minimum absolute atomic E-state index is 0.127. The molecule has 1 atom stereocenters. The van der Waals surface area contributed by atoms with Gasteiger partial charge in [-0.05, 0) is 68.8 Å². The van der Waals surface area contributed by atoms with Crippen LogP contribution in [0.3, 0.4) is 0 Å². The topological polar surface area (TPSA) is 43.9 Å². The Morgan fingerprint density at radius 2 is 1.59 bits per heavy atom. The number of carbonyl (C=O) groups excluding carboxylic acids is 2. The molecule has 3 saturated heterocycles. The highest BCUT2D eigenvalue weighted by Gasteiger charge is 2.51. The van der Waals surface area contributed by atoms with Gasteiger partial charge in [0.15, 0.2) is 0 Å². The summed E-state index contributed by atoms with van der Waals surface area (Å²) in [6, 6.07) is 18.8. The van der Waals surface area contributed by atoms with Crippen LogP contribution in [-0.2, 0) is 17.8 Å². The summed E-state index contributed by atoms with van der Waals surface area (Å²) >= 11 is 0. The first-order valence-corrected chi connectivity index (χ1v) is 13.0. The van der Waals surface area contributed by atoms with Crippen LogP contribution in [0.25, 0.3) is 0 Å². The van der Waals surface area contributed by atoms with Crippen LogP contribution in [0, 0.1) is 5.41 Å². The van der Waals surface area contributed by atoms with Crippen LogP contribution in [0.2, 0.25) is 0 Å². The quantitative estimate of drug-likeness (QED) is 0.667. The predicted octanol–water partition coefficient (Wildman–Crippen LogP) is 4.37. The van der Waals surface area contributed by atoms with Gasteiger partial charge in [0.25, 0.3) is 5.91 Å². The lowest BCUT2D eigenvalue weighted by Crippen LogP contribution is -2.46. The average Bonchev–Trinajstić information content (AvgIpc) is 3.10. The summed E-state index contributed by atoms with van der Waals surface area (Å²) in [6.45, 7) is 4.41. The van der Waals surface area contributed by atoms with Crippen molar-refractivity contribution >= 4 is 11.8 Å². The first kappa shape index (κ1) is 23.1. The molecule has 5 heteroatoms. The smallest absolute Gasteiger partial charge is 0.254 e. The molecule has 0 saturated carbocycles. The number of hydrogen-bond donors (Lipinski definition) is 0. The summed E-state index contributed by atoms with van der Waals surface area (Å²) in [5, 5.41) is 0. The molecule has 1 spiro atoms. The molecule has 3 aliphatic heterocycles. The molecule has 180 valence electrons. The molecule has 0 aliphatic carbocycles. The fourth-order valence-electron chi connectivity index (χ4n) is 6.26. The Morgan fingerprint density at radius 3 is 2.32 bits per heavy atom. The number of likely N-dealkylation sites (N-methyl/N-ethyl adjacent to an activating group) is 1. The van der Waals surface area contributed by atoms with Crippen LogP contribution < -0.4 is 0 Å². The highest BCUT2D eigenvalue weighted by molar-refractivity contribution is 5.96. The molecule has 3 heterocycles. The second-order valence-corrected chi connectivity index (χ2v) is 10.5. The summed E-state index contributed by atoms with van der Waals surface area (Å²) in [5.41, 5.74) is 2.94. The number of nitrogens with zero attached hydrogens (tertiary/aromatic N) is 3. The Morgan fingerprint density at radius 1 is 0.912 bits per heavy atom. The molecule has 5 nitrogen and oxygen atoms in total. The molecular formula is C29H37N3O2. The minimum atomic E-state index is -0.307. The van der Waals surface area contributed by atoms with Gasteiger partial charge in [0, 0.05) is 38.3 Å².